The predicted octanol–water partition coefficient (Wildman–Crippen LogP) is 3.35. The Balaban J connectivity index is 2.58. The number of ether oxygens (including phenoxy) is 1. The topological polar surface area (TPSA) is 35.2 Å². The molecule has 1 rings (SSSR count). The van der Waals surface area contributed by atoms with Crippen LogP contribution in [0, 0.1) is 11.8 Å². The number of nitrogens with two attached hydrogens (primary N) is 1. The van der Waals surface area contributed by atoms with Crippen molar-refractivity contribution in [2.24, 2.45) is 17.6 Å². The summed E-state index contributed by atoms with van der Waals surface area (Å²) in [6.07, 6.45) is 6.53. The smallest absolute Gasteiger partial charge is 0.0627 e. The van der Waals surface area contributed by atoms with Crippen molar-refractivity contribution in [2.75, 3.05) is 6.54 Å². The SMILES string of the molecule is CCC1CCC(CN)C(OC(C)(C)CC)C1. The van der Waals surface area contributed by atoms with Crippen molar-refractivity contribution in [3.05, 3.63) is 0 Å². The van der Waals surface area contributed by atoms with E-state index in [9.17, 15) is 0 Å². The van der Waals surface area contributed by atoms with E-state index in [4.69, 9.17) is 10.5 Å². The molecule has 1 aliphatic rings. The summed E-state index contributed by atoms with van der Waals surface area (Å²) in [4.78, 5) is 0. The Morgan fingerprint density at radius 3 is 2.44 bits per heavy atom. The lowest BCUT2D eigenvalue weighted by Gasteiger charge is -2.40. The van der Waals surface area contributed by atoms with Gasteiger partial charge in [-0.1, -0.05) is 20.3 Å². The second-order valence-corrected chi connectivity index (χ2v) is 5.85. The van der Waals surface area contributed by atoms with Gasteiger partial charge in [-0.05, 0) is 57.9 Å². The minimum atomic E-state index is 0.00766. The Bertz CT molecular complexity index is 203. The summed E-state index contributed by atoms with van der Waals surface area (Å²) in [7, 11) is 0. The third kappa shape index (κ3) is 3.74. The van der Waals surface area contributed by atoms with Gasteiger partial charge in [-0.25, -0.2) is 0 Å². The fourth-order valence-electron chi connectivity index (χ4n) is 2.55. The van der Waals surface area contributed by atoms with Crippen LogP contribution in [0.25, 0.3) is 0 Å². The molecule has 3 unspecified atom stereocenters. The van der Waals surface area contributed by atoms with Gasteiger partial charge in [0, 0.05) is 0 Å². The normalized spacial score (nSPS) is 31.7. The third-order valence-corrected chi connectivity index (χ3v) is 4.24. The summed E-state index contributed by atoms with van der Waals surface area (Å²) in [5.41, 5.74) is 5.87. The van der Waals surface area contributed by atoms with E-state index in [-0.39, 0.29) is 5.60 Å². The van der Waals surface area contributed by atoms with Crippen molar-refractivity contribution in [2.45, 2.75) is 71.5 Å². The Morgan fingerprint density at radius 2 is 1.94 bits per heavy atom. The van der Waals surface area contributed by atoms with Gasteiger partial charge in [-0.3, -0.25) is 0 Å². The maximum absolute atomic E-state index is 6.28. The standard InChI is InChI=1S/C14H29NO/c1-5-11-7-8-12(10-15)13(9-11)16-14(3,4)6-2/h11-13H,5-10,15H2,1-4H3. The van der Waals surface area contributed by atoms with E-state index in [0.29, 0.717) is 12.0 Å². The molecule has 3 atom stereocenters. The maximum atomic E-state index is 6.28. The van der Waals surface area contributed by atoms with E-state index >= 15 is 0 Å². The van der Waals surface area contributed by atoms with Crippen molar-refractivity contribution < 1.29 is 4.74 Å². The van der Waals surface area contributed by atoms with Crippen LogP contribution < -0.4 is 5.73 Å². The molecule has 0 heterocycles. The van der Waals surface area contributed by atoms with E-state index < -0.39 is 0 Å². The lowest BCUT2D eigenvalue weighted by molar-refractivity contribution is -0.116. The molecule has 0 aromatic heterocycles. The summed E-state index contributed by atoms with van der Waals surface area (Å²) in [6, 6.07) is 0. The summed E-state index contributed by atoms with van der Waals surface area (Å²) >= 11 is 0. The molecule has 0 saturated heterocycles. The van der Waals surface area contributed by atoms with Crippen LogP contribution in [0.3, 0.4) is 0 Å². The van der Waals surface area contributed by atoms with E-state index in [1.807, 2.05) is 0 Å². The van der Waals surface area contributed by atoms with Gasteiger partial charge >= 0.3 is 0 Å². The number of hydrogen-bond acceptors (Lipinski definition) is 2. The van der Waals surface area contributed by atoms with Crippen LogP contribution in [0.1, 0.15) is 59.8 Å². The molecule has 2 nitrogen and oxygen atoms in total. The second kappa shape index (κ2) is 6.02. The molecule has 96 valence electrons. The summed E-state index contributed by atoms with van der Waals surface area (Å²) in [5, 5.41) is 0. The number of rotatable bonds is 5. The van der Waals surface area contributed by atoms with Crippen LogP contribution in [0.2, 0.25) is 0 Å². The maximum Gasteiger partial charge on any atom is 0.0627 e. The second-order valence-electron chi connectivity index (χ2n) is 5.85. The molecule has 1 aliphatic carbocycles. The minimum absolute atomic E-state index is 0.00766. The number of hydrogen-bond donors (Lipinski definition) is 1. The molecule has 0 aromatic rings. The Morgan fingerprint density at radius 1 is 1.25 bits per heavy atom. The zero-order valence-corrected chi connectivity index (χ0v) is 11.5. The van der Waals surface area contributed by atoms with Crippen LogP contribution in [-0.4, -0.2) is 18.2 Å². The summed E-state index contributed by atoms with van der Waals surface area (Å²) in [5.74, 6) is 1.43. The van der Waals surface area contributed by atoms with E-state index in [1.165, 1.54) is 25.7 Å². The summed E-state index contributed by atoms with van der Waals surface area (Å²) in [6.45, 7) is 9.64. The molecule has 0 aromatic carbocycles. The van der Waals surface area contributed by atoms with Crippen molar-refractivity contribution in [1.29, 1.82) is 0 Å². The molecule has 0 aliphatic heterocycles. The first kappa shape index (κ1) is 14.0. The molecule has 1 fully saturated rings. The molecule has 1 saturated carbocycles. The Labute approximate surface area is 101 Å². The minimum Gasteiger partial charge on any atom is -0.372 e. The van der Waals surface area contributed by atoms with Crippen LogP contribution >= 0.6 is 0 Å². The highest BCUT2D eigenvalue weighted by Crippen LogP contribution is 2.35. The van der Waals surface area contributed by atoms with E-state index in [1.54, 1.807) is 0 Å². The Kier molecular flexibility index (Phi) is 5.26. The lowest BCUT2D eigenvalue weighted by atomic mass is 9.78. The average molecular weight is 227 g/mol. The lowest BCUT2D eigenvalue weighted by Crippen LogP contribution is -2.41. The Hall–Kier alpha value is -0.0800. The molecular weight excluding hydrogens is 198 g/mol. The van der Waals surface area contributed by atoms with Gasteiger partial charge in [-0.2, -0.15) is 0 Å². The first-order valence-electron chi connectivity index (χ1n) is 6.90. The van der Waals surface area contributed by atoms with Crippen molar-refractivity contribution in [1.82, 2.24) is 0 Å². The first-order valence-corrected chi connectivity index (χ1v) is 6.90. The highest BCUT2D eigenvalue weighted by atomic mass is 16.5. The predicted molar refractivity (Wildman–Crippen MR) is 69.4 cm³/mol. The van der Waals surface area contributed by atoms with Crippen molar-refractivity contribution >= 4 is 0 Å². The van der Waals surface area contributed by atoms with Crippen LogP contribution in [0.15, 0.2) is 0 Å². The molecule has 2 heteroatoms. The van der Waals surface area contributed by atoms with Gasteiger partial charge in [0.05, 0.1) is 11.7 Å². The van der Waals surface area contributed by atoms with Crippen LogP contribution in [0.4, 0.5) is 0 Å². The molecule has 0 bridgehead atoms. The highest BCUT2D eigenvalue weighted by molar-refractivity contribution is 4.83. The molecule has 0 spiro atoms. The molecular formula is C14H29NO. The van der Waals surface area contributed by atoms with Crippen LogP contribution in [0.5, 0.6) is 0 Å². The van der Waals surface area contributed by atoms with Gasteiger partial charge in [0.1, 0.15) is 0 Å². The molecule has 0 radical (unpaired) electrons. The average Bonchev–Trinajstić information content (AvgIpc) is 2.28. The van der Waals surface area contributed by atoms with Crippen molar-refractivity contribution in [3.8, 4) is 0 Å². The van der Waals surface area contributed by atoms with Gasteiger partial charge < -0.3 is 10.5 Å². The van der Waals surface area contributed by atoms with Gasteiger partial charge in [0.15, 0.2) is 0 Å². The third-order valence-electron chi connectivity index (χ3n) is 4.24. The molecule has 0 amide bonds. The first-order chi connectivity index (χ1) is 7.52. The zero-order valence-electron chi connectivity index (χ0n) is 11.5. The summed E-state index contributed by atoms with van der Waals surface area (Å²) < 4.78 is 6.28. The quantitative estimate of drug-likeness (QED) is 0.781. The molecule has 2 N–H and O–H groups in total. The zero-order chi connectivity index (χ0) is 12.2. The van der Waals surface area contributed by atoms with E-state index in [0.717, 1.165) is 18.9 Å². The van der Waals surface area contributed by atoms with Gasteiger partial charge in [-0.15, -0.1) is 0 Å². The largest absolute Gasteiger partial charge is 0.372 e. The van der Waals surface area contributed by atoms with Gasteiger partial charge in [0.2, 0.25) is 0 Å². The van der Waals surface area contributed by atoms with Crippen molar-refractivity contribution in [3.63, 3.8) is 0 Å². The monoisotopic (exact) mass is 227 g/mol. The highest BCUT2D eigenvalue weighted by Gasteiger charge is 2.33. The fraction of sp³-hybridized carbons (Fsp3) is 1.00. The van der Waals surface area contributed by atoms with E-state index in [2.05, 4.69) is 27.7 Å². The molecule has 16 heavy (non-hydrogen) atoms. The van der Waals surface area contributed by atoms with Crippen LogP contribution in [-0.2, 0) is 4.74 Å². The fourth-order valence-corrected chi connectivity index (χ4v) is 2.55. The van der Waals surface area contributed by atoms with Gasteiger partial charge in [0.25, 0.3) is 0 Å².